The van der Waals surface area contributed by atoms with Gasteiger partial charge in [-0.05, 0) is 13.0 Å². The summed E-state index contributed by atoms with van der Waals surface area (Å²) in [5.41, 5.74) is 0.00161. The van der Waals surface area contributed by atoms with Gasteiger partial charge >= 0.3 is 5.97 Å². The highest BCUT2D eigenvalue weighted by molar-refractivity contribution is 6.37. The highest BCUT2D eigenvalue weighted by Crippen LogP contribution is 2.50. The van der Waals surface area contributed by atoms with Gasteiger partial charge in [-0.15, -0.1) is 0 Å². The van der Waals surface area contributed by atoms with Crippen LogP contribution in [0.15, 0.2) is 23.4 Å². The summed E-state index contributed by atoms with van der Waals surface area (Å²) >= 11 is 6.20. The monoisotopic (exact) mass is 310 g/mol. The van der Waals surface area contributed by atoms with Crippen molar-refractivity contribution in [3.63, 3.8) is 0 Å². The molecule has 0 radical (unpaired) electrons. The lowest BCUT2D eigenvalue weighted by molar-refractivity contribution is -0.140. The lowest BCUT2D eigenvalue weighted by Gasteiger charge is -2.34. The molecule has 112 valence electrons. The zero-order chi connectivity index (χ0) is 15.2. The van der Waals surface area contributed by atoms with Gasteiger partial charge in [0.2, 0.25) is 6.23 Å². The number of rotatable bonds is 2. The van der Waals surface area contributed by atoms with Crippen molar-refractivity contribution in [2.45, 2.75) is 25.2 Å². The van der Waals surface area contributed by atoms with E-state index >= 15 is 0 Å². The number of aliphatic hydroxyl groups is 1. The highest BCUT2D eigenvalue weighted by Gasteiger charge is 2.55. The number of nitrogens with zero attached hydrogens (tertiary/aromatic N) is 2. The molecular weight excluding hydrogens is 296 g/mol. The van der Waals surface area contributed by atoms with Crippen molar-refractivity contribution in [2.24, 2.45) is 5.16 Å². The fourth-order valence-corrected chi connectivity index (χ4v) is 3.17. The van der Waals surface area contributed by atoms with Crippen LogP contribution >= 0.6 is 11.6 Å². The van der Waals surface area contributed by atoms with Crippen molar-refractivity contribution >= 4 is 29.0 Å². The highest BCUT2D eigenvalue weighted by atomic mass is 35.5. The third-order valence-electron chi connectivity index (χ3n) is 3.78. The maximum atomic E-state index is 11.8. The van der Waals surface area contributed by atoms with Crippen molar-refractivity contribution in [2.75, 3.05) is 18.6 Å². The minimum atomic E-state index is -1.38. The van der Waals surface area contributed by atoms with Crippen molar-refractivity contribution < 1.29 is 19.5 Å². The van der Waals surface area contributed by atoms with Gasteiger partial charge in [-0.1, -0.05) is 28.9 Å². The van der Waals surface area contributed by atoms with Crippen LogP contribution in [0.5, 0.6) is 0 Å². The Hall–Kier alpha value is -1.79. The molecule has 0 aliphatic carbocycles. The fourth-order valence-electron chi connectivity index (χ4n) is 2.86. The zero-order valence-corrected chi connectivity index (χ0v) is 12.4. The van der Waals surface area contributed by atoms with E-state index in [0.29, 0.717) is 16.3 Å². The predicted molar refractivity (Wildman–Crippen MR) is 77.3 cm³/mol. The number of carbonyl (C=O) groups excluding carboxylic acids is 1. The Morgan fingerprint density at radius 2 is 2.43 bits per heavy atom. The SMILES string of the molecule is CCOC(=O)C1=NO[C@@H]2N(C)c3c(Cl)cccc3[C@]2(O)C1. The third kappa shape index (κ3) is 1.98. The molecule has 0 bridgehead atoms. The lowest BCUT2D eigenvalue weighted by atomic mass is 9.88. The smallest absolute Gasteiger partial charge is 0.356 e. The third-order valence-corrected chi connectivity index (χ3v) is 4.08. The first-order valence-corrected chi connectivity index (χ1v) is 7.01. The molecule has 6 nitrogen and oxygen atoms in total. The van der Waals surface area contributed by atoms with Gasteiger partial charge in [-0.25, -0.2) is 4.79 Å². The predicted octanol–water partition coefficient (Wildman–Crippen LogP) is 1.64. The van der Waals surface area contributed by atoms with Gasteiger partial charge in [0.15, 0.2) is 11.3 Å². The molecule has 0 amide bonds. The Labute approximate surface area is 126 Å². The molecule has 3 rings (SSSR count). The van der Waals surface area contributed by atoms with E-state index < -0.39 is 17.8 Å². The number of fused-ring (bicyclic) bond motifs is 3. The molecule has 0 aromatic heterocycles. The number of esters is 1. The van der Waals surface area contributed by atoms with E-state index in [2.05, 4.69) is 5.16 Å². The number of anilines is 1. The normalized spacial score (nSPS) is 26.6. The average molecular weight is 311 g/mol. The molecule has 21 heavy (non-hydrogen) atoms. The van der Waals surface area contributed by atoms with Crippen molar-refractivity contribution in [1.82, 2.24) is 0 Å². The number of carbonyl (C=O) groups is 1. The quantitative estimate of drug-likeness (QED) is 0.841. The second-order valence-corrected chi connectivity index (χ2v) is 5.47. The summed E-state index contributed by atoms with van der Waals surface area (Å²) < 4.78 is 4.91. The lowest BCUT2D eigenvalue weighted by Crippen LogP contribution is -2.49. The van der Waals surface area contributed by atoms with E-state index in [4.69, 9.17) is 21.2 Å². The summed E-state index contributed by atoms with van der Waals surface area (Å²) in [6.07, 6.45) is -0.695. The van der Waals surface area contributed by atoms with Crippen LogP contribution in [0.25, 0.3) is 0 Å². The summed E-state index contributed by atoms with van der Waals surface area (Å²) in [6.45, 7) is 1.94. The molecule has 2 aliphatic rings. The fraction of sp³-hybridized carbons (Fsp3) is 0.429. The number of ether oxygens (including phenoxy) is 1. The van der Waals surface area contributed by atoms with Crippen molar-refractivity contribution in [1.29, 1.82) is 0 Å². The molecule has 0 saturated carbocycles. The Balaban J connectivity index is 2.02. The summed E-state index contributed by atoms with van der Waals surface area (Å²) in [5, 5.41) is 15.3. The molecule has 2 atom stereocenters. The average Bonchev–Trinajstić information content (AvgIpc) is 2.68. The Morgan fingerprint density at radius 3 is 3.14 bits per heavy atom. The van der Waals surface area contributed by atoms with Crippen molar-refractivity contribution in [3.8, 4) is 0 Å². The van der Waals surface area contributed by atoms with Crippen LogP contribution in [0.1, 0.15) is 18.9 Å². The minimum absolute atomic E-state index is 0.0220. The Bertz CT molecular complexity index is 633. The van der Waals surface area contributed by atoms with E-state index in [0.717, 1.165) is 0 Å². The van der Waals surface area contributed by atoms with Gasteiger partial charge < -0.3 is 19.6 Å². The van der Waals surface area contributed by atoms with E-state index in [9.17, 15) is 9.90 Å². The van der Waals surface area contributed by atoms with Crippen LogP contribution in [0.3, 0.4) is 0 Å². The topological polar surface area (TPSA) is 71.4 Å². The van der Waals surface area contributed by atoms with Gasteiger partial charge in [0.1, 0.15) is 0 Å². The largest absolute Gasteiger partial charge is 0.461 e. The number of likely N-dealkylation sites (N-methyl/N-ethyl adjacent to an activating group) is 1. The van der Waals surface area contributed by atoms with Gasteiger partial charge in [0.25, 0.3) is 0 Å². The number of halogens is 1. The molecule has 0 fully saturated rings. The molecule has 2 heterocycles. The number of hydrogen-bond donors (Lipinski definition) is 1. The molecular formula is C14H15ClN2O4. The van der Waals surface area contributed by atoms with Gasteiger partial charge in [0, 0.05) is 19.0 Å². The van der Waals surface area contributed by atoms with Crippen LogP contribution < -0.4 is 4.90 Å². The van der Waals surface area contributed by atoms with Gasteiger partial charge in [-0.2, -0.15) is 0 Å². The van der Waals surface area contributed by atoms with Gasteiger partial charge in [-0.3, -0.25) is 0 Å². The maximum Gasteiger partial charge on any atom is 0.356 e. The van der Waals surface area contributed by atoms with Crippen molar-refractivity contribution in [3.05, 3.63) is 28.8 Å². The summed E-state index contributed by atoms with van der Waals surface area (Å²) in [7, 11) is 1.76. The van der Waals surface area contributed by atoms with Crippen LogP contribution in [0, 0.1) is 0 Å². The minimum Gasteiger partial charge on any atom is -0.461 e. The van der Waals surface area contributed by atoms with Crippen LogP contribution in [-0.2, 0) is 20.0 Å². The summed E-state index contributed by atoms with van der Waals surface area (Å²) in [5.74, 6) is -0.581. The second kappa shape index (κ2) is 4.89. The molecule has 2 aliphatic heterocycles. The first-order chi connectivity index (χ1) is 9.99. The van der Waals surface area contributed by atoms with E-state index in [1.165, 1.54) is 0 Å². The van der Waals surface area contributed by atoms with Crippen LogP contribution in [-0.4, -0.2) is 36.7 Å². The van der Waals surface area contributed by atoms with E-state index in [1.54, 1.807) is 37.1 Å². The van der Waals surface area contributed by atoms with Crippen LogP contribution in [0.2, 0.25) is 5.02 Å². The number of hydrogen-bond acceptors (Lipinski definition) is 6. The standard InChI is InChI=1S/C14H15ClN2O4/c1-3-20-12(18)10-7-14(19)8-5-4-6-9(15)11(8)17(2)13(14)21-16-10/h4-6,13,19H,3,7H2,1-2H3/t13-,14+/m0/s1. The number of para-hydroxylation sites is 1. The van der Waals surface area contributed by atoms with Gasteiger partial charge in [0.05, 0.1) is 17.3 Å². The molecule has 0 unspecified atom stereocenters. The van der Waals surface area contributed by atoms with E-state index in [1.807, 2.05) is 0 Å². The molecule has 0 spiro atoms. The first kappa shape index (κ1) is 14.2. The zero-order valence-electron chi connectivity index (χ0n) is 11.7. The first-order valence-electron chi connectivity index (χ1n) is 6.63. The Kier molecular flexibility index (Phi) is 3.30. The van der Waals surface area contributed by atoms with Crippen LogP contribution in [0.4, 0.5) is 5.69 Å². The van der Waals surface area contributed by atoms with E-state index in [-0.39, 0.29) is 18.7 Å². The summed E-state index contributed by atoms with van der Waals surface area (Å²) in [6, 6.07) is 5.27. The molecule has 1 aromatic rings. The molecule has 1 N–H and O–H groups in total. The molecule has 7 heteroatoms. The molecule has 0 saturated heterocycles. The second-order valence-electron chi connectivity index (χ2n) is 5.06. The maximum absolute atomic E-state index is 11.8. The number of benzene rings is 1. The Morgan fingerprint density at radius 1 is 1.67 bits per heavy atom. The summed E-state index contributed by atoms with van der Waals surface area (Å²) in [4.78, 5) is 18.9. The number of oxime groups is 1. The molecule has 1 aromatic carbocycles.